The van der Waals surface area contributed by atoms with E-state index in [0.29, 0.717) is 7.92 Å². The second kappa shape index (κ2) is 15.3. The molecule has 0 radical (unpaired) electrons. The van der Waals surface area contributed by atoms with Gasteiger partial charge in [-0.05, 0) is 38.2 Å². The summed E-state index contributed by atoms with van der Waals surface area (Å²) >= 11 is 0. The van der Waals surface area contributed by atoms with Crippen molar-refractivity contribution in [2.24, 2.45) is 0 Å². The lowest BCUT2D eigenvalue weighted by Crippen LogP contribution is -1.86. The fourth-order valence-electron chi connectivity index (χ4n) is 1.20. The summed E-state index contributed by atoms with van der Waals surface area (Å²) in [6.45, 7) is 16.4. The Balaban J connectivity index is 0. The van der Waals surface area contributed by atoms with E-state index in [1.807, 2.05) is 11.9 Å². The van der Waals surface area contributed by atoms with Gasteiger partial charge in [0, 0.05) is 0 Å². The SMILES string of the molecule is C=CCP(C)C=C.CCCCP(C)CCC. The Kier molecular flexibility index (Phi) is 17.9. The molecule has 2 unspecified atom stereocenters. The average Bonchev–Trinajstić information content (AvgIpc) is 2.28. The van der Waals surface area contributed by atoms with Crippen molar-refractivity contribution in [1.29, 1.82) is 0 Å². The molecule has 0 spiro atoms. The van der Waals surface area contributed by atoms with Crippen LogP contribution in [0.2, 0.25) is 0 Å². The minimum atomic E-state index is 0.0674. The molecule has 0 N–H and O–H groups in total. The lowest BCUT2D eigenvalue weighted by Gasteiger charge is -2.08. The van der Waals surface area contributed by atoms with E-state index >= 15 is 0 Å². The van der Waals surface area contributed by atoms with Gasteiger partial charge in [-0.15, -0.1) is 14.5 Å². The predicted molar refractivity (Wildman–Crippen MR) is 85.9 cm³/mol. The number of rotatable bonds is 8. The molecule has 0 nitrogen and oxygen atoms in total. The van der Waals surface area contributed by atoms with Gasteiger partial charge in [0.15, 0.2) is 0 Å². The van der Waals surface area contributed by atoms with Crippen LogP contribution in [0.1, 0.15) is 33.1 Å². The molecule has 16 heavy (non-hydrogen) atoms. The van der Waals surface area contributed by atoms with Gasteiger partial charge in [-0.1, -0.05) is 53.1 Å². The summed E-state index contributed by atoms with van der Waals surface area (Å²) in [6, 6.07) is 0. The Morgan fingerprint density at radius 2 is 1.62 bits per heavy atom. The van der Waals surface area contributed by atoms with Crippen molar-refractivity contribution in [3.63, 3.8) is 0 Å². The molecule has 0 rings (SSSR count). The molecule has 96 valence electrons. The summed E-state index contributed by atoms with van der Waals surface area (Å²) in [6.07, 6.45) is 10.2. The molecular weight excluding hydrogens is 230 g/mol. The van der Waals surface area contributed by atoms with Crippen LogP contribution in [0, 0.1) is 0 Å². The molecule has 0 aliphatic heterocycles. The fourth-order valence-corrected chi connectivity index (χ4v) is 3.60. The second-order valence-electron chi connectivity index (χ2n) is 4.07. The van der Waals surface area contributed by atoms with Crippen LogP contribution >= 0.6 is 15.8 Å². The van der Waals surface area contributed by atoms with E-state index in [-0.39, 0.29) is 7.92 Å². The maximum atomic E-state index is 3.66. The zero-order chi connectivity index (χ0) is 12.8. The van der Waals surface area contributed by atoms with Gasteiger partial charge >= 0.3 is 0 Å². The van der Waals surface area contributed by atoms with Gasteiger partial charge in [0.25, 0.3) is 0 Å². The predicted octanol–water partition coefficient (Wildman–Crippen LogP) is 5.74. The van der Waals surface area contributed by atoms with Crippen LogP contribution in [0.5, 0.6) is 0 Å². The highest BCUT2D eigenvalue weighted by Crippen LogP contribution is 2.31. The molecular formula is C14H30P2. The van der Waals surface area contributed by atoms with Gasteiger partial charge in [0.2, 0.25) is 0 Å². The maximum absolute atomic E-state index is 3.66. The zero-order valence-corrected chi connectivity index (χ0v) is 13.5. The Labute approximate surface area is 106 Å². The average molecular weight is 260 g/mol. The molecule has 0 fully saturated rings. The Bertz CT molecular complexity index is 155. The van der Waals surface area contributed by atoms with E-state index in [1.165, 1.54) is 31.6 Å². The molecule has 0 aromatic heterocycles. The zero-order valence-electron chi connectivity index (χ0n) is 11.7. The first kappa shape index (κ1) is 18.7. The van der Waals surface area contributed by atoms with Gasteiger partial charge < -0.3 is 0 Å². The van der Waals surface area contributed by atoms with Crippen molar-refractivity contribution in [3.05, 3.63) is 25.1 Å². The molecule has 0 aliphatic carbocycles. The van der Waals surface area contributed by atoms with Crippen LogP contribution in [0.3, 0.4) is 0 Å². The number of hydrogen-bond donors (Lipinski definition) is 0. The molecule has 0 saturated carbocycles. The summed E-state index contributed by atoms with van der Waals surface area (Å²) in [5.41, 5.74) is 0. The topological polar surface area (TPSA) is 0 Å². The van der Waals surface area contributed by atoms with Gasteiger partial charge in [0.1, 0.15) is 0 Å². The summed E-state index contributed by atoms with van der Waals surface area (Å²) in [7, 11) is 0.481. The van der Waals surface area contributed by atoms with Gasteiger partial charge in [-0.25, -0.2) is 0 Å². The Morgan fingerprint density at radius 3 is 1.94 bits per heavy atom. The molecule has 0 bridgehead atoms. The number of hydrogen-bond acceptors (Lipinski definition) is 0. The van der Waals surface area contributed by atoms with E-state index < -0.39 is 0 Å². The van der Waals surface area contributed by atoms with E-state index in [0.717, 1.165) is 6.16 Å². The Morgan fingerprint density at radius 1 is 1.00 bits per heavy atom. The molecule has 0 saturated heterocycles. The summed E-state index contributed by atoms with van der Waals surface area (Å²) in [5.74, 6) is 2.00. The van der Waals surface area contributed by atoms with Crippen LogP contribution < -0.4 is 0 Å². The highest BCUT2D eigenvalue weighted by Gasteiger charge is 1.96. The monoisotopic (exact) mass is 260 g/mol. The lowest BCUT2D eigenvalue weighted by molar-refractivity contribution is 0.888. The van der Waals surface area contributed by atoms with Crippen LogP contribution in [0.15, 0.2) is 25.1 Å². The van der Waals surface area contributed by atoms with Crippen molar-refractivity contribution >= 4 is 15.8 Å². The van der Waals surface area contributed by atoms with Gasteiger partial charge in [-0.2, -0.15) is 0 Å². The number of unbranched alkanes of at least 4 members (excludes halogenated alkanes) is 1. The first-order valence-corrected chi connectivity index (χ1v) is 10.4. The first-order chi connectivity index (χ1) is 7.62. The molecule has 2 heteroatoms. The summed E-state index contributed by atoms with van der Waals surface area (Å²) in [5, 5.41) is 0. The molecule has 0 aromatic carbocycles. The Hall–Kier alpha value is 0.340. The van der Waals surface area contributed by atoms with Crippen LogP contribution in [0.4, 0.5) is 0 Å². The van der Waals surface area contributed by atoms with Gasteiger partial charge in [0.05, 0.1) is 0 Å². The van der Waals surface area contributed by atoms with Crippen molar-refractivity contribution in [3.8, 4) is 0 Å². The maximum Gasteiger partial charge on any atom is -0.0115 e. The van der Waals surface area contributed by atoms with Crippen molar-refractivity contribution in [1.82, 2.24) is 0 Å². The van der Waals surface area contributed by atoms with Crippen LogP contribution in [-0.2, 0) is 0 Å². The lowest BCUT2D eigenvalue weighted by atomic mass is 10.4. The van der Waals surface area contributed by atoms with E-state index in [9.17, 15) is 0 Å². The largest absolute Gasteiger partial charge is 0.110 e. The van der Waals surface area contributed by atoms with Crippen molar-refractivity contribution in [2.75, 3.05) is 31.8 Å². The third-order valence-electron chi connectivity index (χ3n) is 2.23. The van der Waals surface area contributed by atoms with Crippen molar-refractivity contribution < 1.29 is 0 Å². The third kappa shape index (κ3) is 16.8. The van der Waals surface area contributed by atoms with E-state index in [1.54, 1.807) is 0 Å². The molecule has 0 amide bonds. The normalized spacial score (nSPS) is 13.2. The molecule has 2 atom stereocenters. The highest BCUT2D eigenvalue weighted by molar-refractivity contribution is 7.60. The summed E-state index contributed by atoms with van der Waals surface area (Å²) < 4.78 is 0. The standard InChI is InChI=1S/C8H19P.C6H11P/c1-4-6-8-9(3)7-5-2;1-4-6-7(3)5-2/h4-8H2,1-3H3;4-5H,1-2,6H2,3H3. The number of allylic oxidation sites excluding steroid dienone is 1. The van der Waals surface area contributed by atoms with Crippen LogP contribution in [-0.4, -0.2) is 31.8 Å². The van der Waals surface area contributed by atoms with Crippen molar-refractivity contribution in [2.45, 2.75) is 33.1 Å². The van der Waals surface area contributed by atoms with E-state index in [2.05, 4.69) is 40.3 Å². The molecule has 0 heterocycles. The third-order valence-corrected chi connectivity index (χ3v) is 5.98. The van der Waals surface area contributed by atoms with Gasteiger partial charge in [-0.3, -0.25) is 0 Å². The first-order valence-electron chi connectivity index (χ1n) is 6.24. The molecule has 0 aromatic rings. The van der Waals surface area contributed by atoms with Crippen LogP contribution in [0.25, 0.3) is 0 Å². The minimum Gasteiger partial charge on any atom is -0.110 e. The smallest absolute Gasteiger partial charge is 0.0115 e. The summed E-state index contributed by atoms with van der Waals surface area (Å²) in [4.78, 5) is 0. The quantitative estimate of drug-likeness (QED) is 0.386. The minimum absolute atomic E-state index is 0.0674. The fraction of sp³-hybridized carbons (Fsp3) is 0.714. The second-order valence-corrected chi connectivity index (χ2v) is 8.92. The van der Waals surface area contributed by atoms with E-state index in [4.69, 9.17) is 0 Å². The highest BCUT2D eigenvalue weighted by atomic mass is 31.1. The molecule has 0 aliphatic rings.